The molecule has 2 N–H and O–H groups in total. The van der Waals surface area contributed by atoms with Crippen LogP contribution in [0.3, 0.4) is 0 Å². The Balaban J connectivity index is 2.19. The molecule has 0 amide bonds. The molecule has 2 rings (SSSR count). The van der Waals surface area contributed by atoms with Crippen molar-refractivity contribution in [3.05, 3.63) is 41.5 Å². The van der Waals surface area contributed by atoms with Gasteiger partial charge in [0.15, 0.2) is 0 Å². The Morgan fingerprint density at radius 3 is 2.61 bits per heavy atom. The molecule has 18 heavy (non-hydrogen) atoms. The SMILES string of the molecule is Cc1cc(Cn2cnc(C(F)(F)F)n2)ccc1N. The lowest BCUT2D eigenvalue weighted by Crippen LogP contribution is -2.09. The number of nitrogens with zero attached hydrogens (tertiary/aromatic N) is 3. The van der Waals surface area contributed by atoms with Crippen LogP contribution in [-0.4, -0.2) is 14.8 Å². The van der Waals surface area contributed by atoms with Gasteiger partial charge in [-0.15, -0.1) is 5.10 Å². The maximum atomic E-state index is 12.3. The Kier molecular flexibility index (Phi) is 2.98. The number of nitrogens with two attached hydrogens (primary N) is 1. The average Bonchev–Trinajstić information content (AvgIpc) is 2.72. The van der Waals surface area contributed by atoms with Crippen LogP contribution in [0.25, 0.3) is 0 Å². The lowest BCUT2D eigenvalue weighted by Gasteiger charge is -2.05. The van der Waals surface area contributed by atoms with E-state index in [2.05, 4.69) is 10.1 Å². The molecule has 0 aliphatic rings. The Labute approximate surface area is 101 Å². The molecule has 0 saturated heterocycles. The molecule has 1 heterocycles. The van der Waals surface area contributed by atoms with E-state index in [4.69, 9.17) is 5.73 Å². The van der Waals surface area contributed by atoms with E-state index < -0.39 is 12.0 Å². The molecule has 1 aromatic carbocycles. The predicted octanol–water partition coefficient (Wildman–Crippen LogP) is 2.24. The summed E-state index contributed by atoms with van der Waals surface area (Å²) in [5, 5.41) is 3.38. The molecular weight excluding hydrogens is 245 g/mol. The molecule has 2 aromatic rings. The van der Waals surface area contributed by atoms with E-state index in [1.807, 2.05) is 13.0 Å². The van der Waals surface area contributed by atoms with Crippen LogP contribution >= 0.6 is 0 Å². The minimum Gasteiger partial charge on any atom is -0.399 e. The van der Waals surface area contributed by atoms with Crippen molar-refractivity contribution in [2.24, 2.45) is 0 Å². The molecule has 0 radical (unpaired) electrons. The third-order valence-electron chi connectivity index (χ3n) is 2.47. The highest BCUT2D eigenvalue weighted by molar-refractivity contribution is 5.47. The van der Waals surface area contributed by atoms with Gasteiger partial charge in [-0.3, -0.25) is 0 Å². The van der Waals surface area contributed by atoms with Gasteiger partial charge in [0.2, 0.25) is 0 Å². The van der Waals surface area contributed by atoms with Crippen molar-refractivity contribution in [3.63, 3.8) is 0 Å². The fraction of sp³-hybridized carbons (Fsp3) is 0.273. The van der Waals surface area contributed by atoms with E-state index in [1.54, 1.807) is 12.1 Å². The molecule has 0 fully saturated rings. The number of hydrogen-bond acceptors (Lipinski definition) is 3. The van der Waals surface area contributed by atoms with Gasteiger partial charge in [-0.25, -0.2) is 9.67 Å². The maximum absolute atomic E-state index is 12.3. The summed E-state index contributed by atoms with van der Waals surface area (Å²) in [4.78, 5) is 3.23. The zero-order chi connectivity index (χ0) is 13.3. The van der Waals surface area contributed by atoms with Crippen LogP contribution in [0, 0.1) is 6.92 Å². The van der Waals surface area contributed by atoms with E-state index >= 15 is 0 Å². The molecule has 0 saturated carbocycles. The van der Waals surface area contributed by atoms with E-state index in [0.717, 1.165) is 22.1 Å². The number of aromatic nitrogens is 3. The van der Waals surface area contributed by atoms with Crippen molar-refractivity contribution in [2.75, 3.05) is 5.73 Å². The summed E-state index contributed by atoms with van der Waals surface area (Å²) in [6.45, 7) is 2.06. The first-order valence-corrected chi connectivity index (χ1v) is 5.18. The second kappa shape index (κ2) is 4.32. The largest absolute Gasteiger partial charge is 0.453 e. The number of alkyl halides is 3. The molecule has 0 aliphatic heterocycles. The summed E-state index contributed by atoms with van der Waals surface area (Å²) >= 11 is 0. The molecule has 4 nitrogen and oxygen atoms in total. The molecule has 96 valence electrons. The smallest absolute Gasteiger partial charge is 0.399 e. The second-order valence-corrected chi connectivity index (χ2v) is 3.95. The summed E-state index contributed by atoms with van der Waals surface area (Å²) in [5.41, 5.74) is 8.00. The van der Waals surface area contributed by atoms with Crippen molar-refractivity contribution in [2.45, 2.75) is 19.6 Å². The topological polar surface area (TPSA) is 56.7 Å². The molecule has 7 heteroatoms. The lowest BCUT2D eigenvalue weighted by molar-refractivity contribution is -0.145. The third-order valence-corrected chi connectivity index (χ3v) is 2.47. The molecular formula is C11H11F3N4. The number of anilines is 1. The summed E-state index contributed by atoms with van der Waals surface area (Å²) in [6, 6.07) is 5.27. The highest BCUT2D eigenvalue weighted by Gasteiger charge is 2.35. The van der Waals surface area contributed by atoms with Gasteiger partial charge < -0.3 is 5.73 Å². The monoisotopic (exact) mass is 256 g/mol. The van der Waals surface area contributed by atoms with E-state index in [9.17, 15) is 13.2 Å². The highest BCUT2D eigenvalue weighted by atomic mass is 19.4. The first-order chi connectivity index (χ1) is 8.36. The van der Waals surface area contributed by atoms with Gasteiger partial charge in [0, 0.05) is 5.69 Å². The summed E-state index contributed by atoms with van der Waals surface area (Å²) in [5.74, 6) is -1.13. The van der Waals surface area contributed by atoms with Crippen molar-refractivity contribution in [3.8, 4) is 0 Å². The van der Waals surface area contributed by atoms with Gasteiger partial charge in [0.25, 0.3) is 5.82 Å². The van der Waals surface area contributed by atoms with E-state index in [0.29, 0.717) is 5.69 Å². The minimum absolute atomic E-state index is 0.226. The van der Waals surface area contributed by atoms with Crippen LogP contribution in [0.4, 0.5) is 18.9 Å². The number of nitrogen functional groups attached to an aromatic ring is 1. The average molecular weight is 256 g/mol. The van der Waals surface area contributed by atoms with Gasteiger partial charge in [0.05, 0.1) is 6.54 Å². The van der Waals surface area contributed by atoms with Gasteiger partial charge in [-0.2, -0.15) is 13.2 Å². The molecule has 0 bridgehead atoms. The summed E-state index contributed by atoms with van der Waals surface area (Å²) < 4.78 is 38.1. The quantitative estimate of drug-likeness (QED) is 0.838. The van der Waals surface area contributed by atoms with Gasteiger partial charge in [0.1, 0.15) is 6.33 Å². The molecule has 0 spiro atoms. The fourth-order valence-electron chi connectivity index (χ4n) is 1.52. The van der Waals surface area contributed by atoms with Crippen LogP contribution in [0.5, 0.6) is 0 Å². The summed E-state index contributed by atoms with van der Waals surface area (Å²) in [7, 11) is 0. The maximum Gasteiger partial charge on any atom is 0.453 e. The fourth-order valence-corrected chi connectivity index (χ4v) is 1.52. The van der Waals surface area contributed by atoms with Crippen LogP contribution in [0.1, 0.15) is 17.0 Å². The molecule has 0 atom stereocenters. The van der Waals surface area contributed by atoms with E-state index in [1.165, 1.54) is 0 Å². The third kappa shape index (κ3) is 2.61. The Bertz CT molecular complexity index is 560. The predicted molar refractivity (Wildman–Crippen MR) is 59.7 cm³/mol. The van der Waals surface area contributed by atoms with Gasteiger partial charge >= 0.3 is 6.18 Å². The van der Waals surface area contributed by atoms with Crippen LogP contribution in [0.15, 0.2) is 24.5 Å². The zero-order valence-corrected chi connectivity index (χ0v) is 9.57. The number of aryl methyl sites for hydroxylation is 1. The number of benzene rings is 1. The van der Waals surface area contributed by atoms with Crippen LogP contribution in [-0.2, 0) is 12.7 Å². The second-order valence-electron chi connectivity index (χ2n) is 3.95. The minimum atomic E-state index is -4.51. The Morgan fingerprint density at radius 1 is 1.33 bits per heavy atom. The van der Waals surface area contributed by atoms with Gasteiger partial charge in [-0.05, 0) is 24.1 Å². The Morgan fingerprint density at radius 2 is 2.06 bits per heavy atom. The van der Waals surface area contributed by atoms with Crippen LogP contribution in [0.2, 0.25) is 0 Å². The van der Waals surface area contributed by atoms with Crippen molar-refractivity contribution >= 4 is 5.69 Å². The zero-order valence-electron chi connectivity index (χ0n) is 9.57. The number of halogens is 3. The summed E-state index contributed by atoms with van der Waals surface area (Å²) in [6.07, 6.45) is -3.45. The Hall–Kier alpha value is -2.05. The normalized spacial score (nSPS) is 11.8. The molecule has 0 aliphatic carbocycles. The molecule has 1 aromatic heterocycles. The first-order valence-electron chi connectivity index (χ1n) is 5.18. The van der Waals surface area contributed by atoms with Crippen LogP contribution < -0.4 is 5.73 Å². The van der Waals surface area contributed by atoms with Crippen molar-refractivity contribution in [1.29, 1.82) is 0 Å². The standard InChI is InChI=1S/C11H11F3N4/c1-7-4-8(2-3-9(7)15)5-18-6-16-10(17-18)11(12,13)14/h2-4,6H,5,15H2,1H3. The molecule has 0 unspecified atom stereocenters. The number of hydrogen-bond donors (Lipinski definition) is 1. The van der Waals surface area contributed by atoms with Crippen molar-refractivity contribution in [1.82, 2.24) is 14.8 Å². The van der Waals surface area contributed by atoms with Crippen molar-refractivity contribution < 1.29 is 13.2 Å². The lowest BCUT2D eigenvalue weighted by atomic mass is 10.1. The highest BCUT2D eigenvalue weighted by Crippen LogP contribution is 2.25. The first kappa shape index (κ1) is 12.4. The van der Waals surface area contributed by atoms with Gasteiger partial charge in [-0.1, -0.05) is 12.1 Å². The number of rotatable bonds is 2. The van der Waals surface area contributed by atoms with E-state index in [-0.39, 0.29) is 6.54 Å².